The zero-order valence-electron chi connectivity index (χ0n) is 12.3. The average molecular weight is 281 g/mol. The molecule has 1 rings (SSSR count). The number of amides is 1. The van der Waals surface area contributed by atoms with Crippen molar-refractivity contribution in [2.75, 3.05) is 6.54 Å². The zero-order chi connectivity index (χ0) is 15.1. The van der Waals surface area contributed by atoms with Crippen molar-refractivity contribution >= 4 is 5.91 Å². The summed E-state index contributed by atoms with van der Waals surface area (Å²) in [6, 6.07) is 0. The first-order valence-electron chi connectivity index (χ1n) is 7.06. The van der Waals surface area contributed by atoms with Crippen LogP contribution in [-0.4, -0.2) is 22.4 Å². The second-order valence-corrected chi connectivity index (χ2v) is 5.00. The van der Waals surface area contributed by atoms with Gasteiger partial charge in [-0.2, -0.15) is 0 Å². The number of carbonyl (C=O) groups excluding carboxylic acids is 1. The van der Waals surface area contributed by atoms with Gasteiger partial charge in [0.1, 0.15) is 0 Å². The van der Waals surface area contributed by atoms with Crippen LogP contribution >= 0.6 is 0 Å². The van der Waals surface area contributed by atoms with E-state index >= 15 is 0 Å². The van der Waals surface area contributed by atoms with Crippen LogP contribution in [0, 0.1) is 12.8 Å². The Balaban J connectivity index is 2.54. The molecule has 0 spiro atoms. The van der Waals surface area contributed by atoms with Crippen LogP contribution in [0.2, 0.25) is 0 Å². The molecule has 1 heterocycles. The number of aromatic nitrogens is 2. The van der Waals surface area contributed by atoms with E-state index in [1.165, 1.54) is 0 Å². The molecule has 0 saturated carbocycles. The minimum atomic E-state index is -0.519. The molecule has 0 saturated heterocycles. The molecule has 0 radical (unpaired) electrons. The topological polar surface area (TPSA) is 94.8 Å². The Labute approximate surface area is 118 Å². The molecule has 0 aliphatic rings. The van der Waals surface area contributed by atoms with Gasteiger partial charge in [-0.15, -0.1) is 0 Å². The predicted molar refractivity (Wildman–Crippen MR) is 77.8 cm³/mol. The van der Waals surface area contributed by atoms with Gasteiger partial charge in [0.2, 0.25) is 5.91 Å². The van der Waals surface area contributed by atoms with E-state index in [0.717, 1.165) is 12.8 Å². The molecule has 3 N–H and O–H groups in total. The second-order valence-electron chi connectivity index (χ2n) is 5.00. The van der Waals surface area contributed by atoms with Crippen LogP contribution < -0.4 is 16.6 Å². The lowest BCUT2D eigenvalue weighted by Crippen LogP contribution is -2.31. The summed E-state index contributed by atoms with van der Waals surface area (Å²) in [6.07, 6.45) is 2.65. The van der Waals surface area contributed by atoms with Crippen molar-refractivity contribution in [3.63, 3.8) is 0 Å². The number of hydrogen-bond acceptors (Lipinski definition) is 3. The molecular weight excluding hydrogens is 258 g/mol. The minimum absolute atomic E-state index is 0.0677. The summed E-state index contributed by atoms with van der Waals surface area (Å²) in [4.78, 5) is 39.1. The number of hydrogen-bond donors (Lipinski definition) is 3. The second kappa shape index (κ2) is 7.67. The van der Waals surface area contributed by atoms with Gasteiger partial charge in [0.05, 0.1) is 0 Å². The quantitative estimate of drug-likeness (QED) is 0.691. The van der Waals surface area contributed by atoms with Crippen molar-refractivity contribution in [3.8, 4) is 0 Å². The highest BCUT2D eigenvalue weighted by atomic mass is 16.2. The number of H-pyrrole nitrogens is 2. The van der Waals surface area contributed by atoms with Crippen molar-refractivity contribution in [2.45, 2.75) is 46.5 Å². The maximum atomic E-state index is 11.7. The molecule has 6 heteroatoms. The first kappa shape index (κ1) is 16.2. The fourth-order valence-corrected chi connectivity index (χ4v) is 2.09. The van der Waals surface area contributed by atoms with Crippen molar-refractivity contribution in [1.29, 1.82) is 0 Å². The Morgan fingerprint density at radius 2 is 1.85 bits per heavy atom. The Morgan fingerprint density at radius 1 is 1.20 bits per heavy atom. The van der Waals surface area contributed by atoms with Gasteiger partial charge in [-0.25, -0.2) is 4.79 Å². The van der Waals surface area contributed by atoms with Gasteiger partial charge in [-0.3, -0.25) is 14.6 Å². The monoisotopic (exact) mass is 281 g/mol. The van der Waals surface area contributed by atoms with Gasteiger partial charge in [0.15, 0.2) is 0 Å². The number of aryl methyl sites for hydroxylation is 1. The smallest absolute Gasteiger partial charge is 0.325 e. The number of rotatable bonds is 7. The molecule has 0 aliphatic carbocycles. The van der Waals surface area contributed by atoms with Crippen LogP contribution in [0.4, 0.5) is 0 Å². The SMILES string of the molecule is CCC(CC)CNC(=O)CCc1c(C)[nH]c(=O)[nH]c1=O. The lowest BCUT2D eigenvalue weighted by molar-refractivity contribution is -0.121. The van der Waals surface area contributed by atoms with Gasteiger partial charge >= 0.3 is 5.69 Å². The molecule has 112 valence electrons. The largest absolute Gasteiger partial charge is 0.356 e. The van der Waals surface area contributed by atoms with E-state index in [0.29, 0.717) is 30.1 Å². The molecule has 6 nitrogen and oxygen atoms in total. The highest BCUT2D eigenvalue weighted by Gasteiger charge is 2.10. The summed E-state index contributed by atoms with van der Waals surface area (Å²) in [5, 5.41) is 2.88. The first-order valence-corrected chi connectivity index (χ1v) is 7.06. The van der Waals surface area contributed by atoms with E-state index in [2.05, 4.69) is 29.1 Å². The summed E-state index contributed by atoms with van der Waals surface area (Å²) >= 11 is 0. The van der Waals surface area contributed by atoms with E-state index < -0.39 is 11.2 Å². The Kier molecular flexibility index (Phi) is 6.21. The summed E-state index contributed by atoms with van der Waals surface area (Å²) in [5.41, 5.74) is 0.0438. The number of aromatic amines is 2. The maximum Gasteiger partial charge on any atom is 0.325 e. The third-order valence-corrected chi connectivity index (χ3v) is 3.60. The van der Waals surface area contributed by atoms with Gasteiger partial charge in [-0.1, -0.05) is 26.7 Å². The summed E-state index contributed by atoms with van der Waals surface area (Å²) in [6.45, 7) is 6.54. The Morgan fingerprint density at radius 3 is 2.40 bits per heavy atom. The van der Waals surface area contributed by atoms with Crippen molar-refractivity contribution in [3.05, 3.63) is 32.1 Å². The third kappa shape index (κ3) is 4.68. The van der Waals surface area contributed by atoms with Gasteiger partial charge < -0.3 is 10.3 Å². The molecule has 0 aromatic carbocycles. The molecular formula is C14H23N3O3. The van der Waals surface area contributed by atoms with Gasteiger partial charge in [0, 0.05) is 24.2 Å². The summed E-state index contributed by atoms with van der Waals surface area (Å²) < 4.78 is 0. The zero-order valence-corrected chi connectivity index (χ0v) is 12.3. The highest BCUT2D eigenvalue weighted by molar-refractivity contribution is 5.76. The van der Waals surface area contributed by atoms with Gasteiger partial charge in [-0.05, 0) is 19.3 Å². The van der Waals surface area contributed by atoms with Crippen LogP contribution in [0.1, 0.15) is 44.4 Å². The minimum Gasteiger partial charge on any atom is -0.356 e. The van der Waals surface area contributed by atoms with E-state index in [9.17, 15) is 14.4 Å². The standard InChI is InChI=1S/C14H23N3O3/c1-4-10(5-2)8-15-12(18)7-6-11-9(3)16-14(20)17-13(11)19/h10H,4-8H2,1-3H3,(H,15,18)(H2,16,17,19,20). The van der Waals surface area contributed by atoms with E-state index in [4.69, 9.17) is 0 Å². The number of carbonyl (C=O) groups is 1. The normalized spacial score (nSPS) is 10.8. The van der Waals surface area contributed by atoms with E-state index in [-0.39, 0.29) is 12.3 Å². The lowest BCUT2D eigenvalue weighted by Gasteiger charge is -2.13. The molecule has 1 amide bonds. The van der Waals surface area contributed by atoms with E-state index in [1.54, 1.807) is 6.92 Å². The van der Waals surface area contributed by atoms with Crippen molar-refractivity contribution < 1.29 is 4.79 Å². The molecule has 0 unspecified atom stereocenters. The lowest BCUT2D eigenvalue weighted by atomic mass is 10.0. The maximum absolute atomic E-state index is 11.7. The van der Waals surface area contributed by atoms with Crippen LogP contribution in [-0.2, 0) is 11.2 Å². The third-order valence-electron chi connectivity index (χ3n) is 3.60. The van der Waals surface area contributed by atoms with Crippen molar-refractivity contribution in [2.24, 2.45) is 5.92 Å². The Hall–Kier alpha value is -1.85. The van der Waals surface area contributed by atoms with Crippen molar-refractivity contribution in [1.82, 2.24) is 15.3 Å². The van der Waals surface area contributed by atoms with Gasteiger partial charge in [0.25, 0.3) is 5.56 Å². The summed E-state index contributed by atoms with van der Waals surface area (Å²) in [5.74, 6) is 0.430. The molecule has 1 aromatic rings. The van der Waals surface area contributed by atoms with E-state index in [1.807, 2.05) is 0 Å². The highest BCUT2D eigenvalue weighted by Crippen LogP contribution is 2.05. The van der Waals surface area contributed by atoms with Crippen LogP contribution in [0.15, 0.2) is 9.59 Å². The number of nitrogens with one attached hydrogen (secondary N) is 3. The molecule has 0 atom stereocenters. The first-order chi connectivity index (χ1) is 9.47. The Bertz CT molecular complexity index is 556. The molecule has 1 aromatic heterocycles. The molecule has 0 bridgehead atoms. The molecule has 20 heavy (non-hydrogen) atoms. The fraction of sp³-hybridized carbons (Fsp3) is 0.643. The molecule has 0 aliphatic heterocycles. The molecule has 0 fully saturated rings. The van der Waals surface area contributed by atoms with Crippen LogP contribution in [0.5, 0.6) is 0 Å². The summed E-state index contributed by atoms with van der Waals surface area (Å²) in [7, 11) is 0. The fourth-order valence-electron chi connectivity index (χ4n) is 2.09. The van der Waals surface area contributed by atoms with Crippen LogP contribution in [0.3, 0.4) is 0 Å². The van der Waals surface area contributed by atoms with Crippen LogP contribution in [0.25, 0.3) is 0 Å². The average Bonchev–Trinajstić information content (AvgIpc) is 2.38. The predicted octanol–water partition coefficient (Wildman–Crippen LogP) is 0.857.